The molecule has 19 heavy (non-hydrogen) atoms. The Labute approximate surface area is 114 Å². The molecule has 0 spiro atoms. The highest BCUT2D eigenvalue weighted by Crippen LogP contribution is 1.74. The van der Waals surface area contributed by atoms with Crippen LogP contribution in [-0.2, 0) is 14.2 Å². The molecule has 0 radical (unpaired) electrons. The SMILES string of the molecule is OCCOCC[NH+](CCOCCO)CCOCCO. The number of hydrogen-bond donors (Lipinski definition) is 4. The molecule has 0 rings (SSSR count). The topological polar surface area (TPSA) is 92.8 Å². The number of rotatable bonds is 15. The molecule has 0 fully saturated rings. The largest absolute Gasteiger partial charge is 0.394 e. The van der Waals surface area contributed by atoms with E-state index in [1.54, 1.807) is 0 Å². The maximum Gasteiger partial charge on any atom is 0.101 e. The van der Waals surface area contributed by atoms with E-state index >= 15 is 0 Å². The summed E-state index contributed by atoms with van der Waals surface area (Å²) in [6.45, 7) is 5.35. The summed E-state index contributed by atoms with van der Waals surface area (Å²) in [6, 6.07) is 0. The van der Waals surface area contributed by atoms with Crippen LogP contribution in [0.4, 0.5) is 0 Å². The van der Waals surface area contributed by atoms with Crippen molar-refractivity contribution in [2.75, 3.05) is 79.1 Å². The summed E-state index contributed by atoms with van der Waals surface area (Å²) in [5, 5.41) is 25.8. The molecule has 7 nitrogen and oxygen atoms in total. The standard InChI is InChI=1S/C12H27NO6/c14-4-10-17-7-1-13(2-8-18-11-5-15)3-9-19-12-6-16/h14-16H,1-12H2/p+1. The summed E-state index contributed by atoms with van der Waals surface area (Å²) in [4.78, 5) is 1.27. The normalized spacial score (nSPS) is 11.4. The van der Waals surface area contributed by atoms with Gasteiger partial charge in [-0.25, -0.2) is 0 Å². The summed E-state index contributed by atoms with van der Waals surface area (Å²) in [6.07, 6.45) is 0. The second kappa shape index (κ2) is 15.8. The van der Waals surface area contributed by atoms with Crippen LogP contribution >= 0.6 is 0 Å². The zero-order valence-corrected chi connectivity index (χ0v) is 11.6. The Balaban J connectivity index is 3.66. The fourth-order valence-corrected chi connectivity index (χ4v) is 1.52. The lowest BCUT2D eigenvalue weighted by Gasteiger charge is -2.19. The first-order valence-corrected chi connectivity index (χ1v) is 6.74. The first kappa shape index (κ1) is 18.7. The Hall–Kier alpha value is -0.280. The predicted octanol–water partition coefficient (Wildman–Crippen LogP) is -3.10. The molecule has 0 aromatic carbocycles. The van der Waals surface area contributed by atoms with Crippen molar-refractivity contribution in [3.8, 4) is 0 Å². The van der Waals surface area contributed by atoms with E-state index in [1.807, 2.05) is 0 Å². The molecule has 0 aliphatic heterocycles. The van der Waals surface area contributed by atoms with Gasteiger partial charge in [0.1, 0.15) is 19.6 Å². The molecule has 0 bridgehead atoms. The third kappa shape index (κ3) is 13.9. The summed E-state index contributed by atoms with van der Waals surface area (Å²) in [5.74, 6) is 0. The Morgan fingerprint density at radius 3 is 1.11 bits per heavy atom. The van der Waals surface area contributed by atoms with Gasteiger partial charge in [-0.3, -0.25) is 0 Å². The quantitative estimate of drug-likeness (QED) is 0.238. The van der Waals surface area contributed by atoms with Crippen molar-refractivity contribution in [1.29, 1.82) is 0 Å². The number of hydrogen-bond acceptors (Lipinski definition) is 6. The van der Waals surface area contributed by atoms with Crippen LogP contribution in [0, 0.1) is 0 Å². The van der Waals surface area contributed by atoms with Gasteiger partial charge in [0.15, 0.2) is 0 Å². The Morgan fingerprint density at radius 2 is 0.842 bits per heavy atom. The van der Waals surface area contributed by atoms with Crippen LogP contribution in [0.1, 0.15) is 0 Å². The van der Waals surface area contributed by atoms with Gasteiger partial charge in [0.2, 0.25) is 0 Å². The van der Waals surface area contributed by atoms with Crippen molar-refractivity contribution < 1.29 is 34.4 Å². The van der Waals surface area contributed by atoms with Crippen molar-refractivity contribution in [1.82, 2.24) is 0 Å². The lowest BCUT2D eigenvalue weighted by atomic mass is 10.4. The molecule has 0 aromatic heterocycles. The third-order valence-electron chi connectivity index (χ3n) is 2.51. The first-order valence-electron chi connectivity index (χ1n) is 6.74. The van der Waals surface area contributed by atoms with Crippen molar-refractivity contribution in [2.24, 2.45) is 0 Å². The second-order valence-corrected chi connectivity index (χ2v) is 4.01. The average molecular weight is 282 g/mol. The summed E-state index contributed by atoms with van der Waals surface area (Å²) in [5.41, 5.74) is 0. The first-order chi connectivity index (χ1) is 9.35. The molecule has 4 N–H and O–H groups in total. The Morgan fingerprint density at radius 1 is 0.526 bits per heavy atom. The molecule has 7 heteroatoms. The highest BCUT2D eigenvalue weighted by Gasteiger charge is 2.08. The molecule has 0 aromatic rings. The molecule has 0 atom stereocenters. The number of nitrogens with one attached hydrogen (secondary N) is 1. The molecular weight excluding hydrogens is 254 g/mol. The van der Waals surface area contributed by atoms with Crippen LogP contribution in [0.3, 0.4) is 0 Å². The number of aliphatic hydroxyl groups excluding tert-OH is 3. The van der Waals surface area contributed by atoms with Crippen LogP contribution in [0.25, 0.3) is 0 Å². The summed E-state index contributed by atoms with van der Waals surface area (Å²) >= 11 is 0. The van der Waals surface area contributed by atoms with E-state index in [0.717, 1.165) is 19.6 Å². The van der Waals surface area contributed by atoms with Crippen molar-refractivity contribution in [2.45, 2.75) is 0 Å². The molecule has 0 saturated carbocycles. The van der Waals surface area contributed by atoms with E-state index in [9.17, 15) is 0 Å². The second-order valence-electron chi connectivity index (χ2n) is 4.01. The van der Waals surface area contributed by atoms with Gasteiger partial charge in [0.25, 0.3) is 0 Å². The van der Waals surface area contributed by atoms with Gasteiger partial charge < -0.3 is 34.4 Å². The smallest absolute Gasteiger partial charge is 0.101 e. The third-order valence-corrected chi connectivity index (χ3v) is 2.51. The van der Waals surface area contributed by atoms with Gasteiger partial charge in [-0.1, -0.05) is 0 Å². The zero-order valence-electron chi connectivity index (χ0n) is 11.6. The highest BCUT2D eigenvalue weighted by atomic mass is 16.5. The monoisotopic (exact) mass is 282 g/mol. The highest BCUT2D eigenvalue weighted by molar-refractivity contribution is 4.36. The number of ether oxygens (including phenoxy) is 3. The lowest BCUT2D eigenvalue weighted by Crippen LogP contribution is -3.13. The fraction of sp³-hybridized carbons (Fsp3) is 1.00. The van der Waals surface area contributed by atoms with E-state index in [1.165, 1.54) is 4.90 Å². The van der Waals surface area contributed by atoms with E-state index in [-0.39, 0.29) is 19.8 Å². The Kier molecular flexibility index (Phi) is 15.5. The van der Waals surface area contributed by atoms with E-state index in [2.05, 4.69) is 0 Å². The van der Waals surface area contributed by atoms with Crippen molar-refractivity contribution >= 4 is 0 Å². The van der Waals surface area contributed by atoms with Crippen molar-refractivity contribution in [3.63, 3.8) is 0 Å². The zero-order chi connectivity index (χ0) is 14.2. The van der Waals surface area contributed by atoms with Gasteiger partial charge in [-0.2, -0.15) is 0 Å². The van der Waals surface area contributed by atoms with Gasteiger partial charge >= 0.3 is 0 Å². The average Bonchev–Trinajstić information content (AvgIpc) is 2.43. The molecule has 0 heterocycles. The molecule has 0 aliphatic carbocycles. The molecule has 0 unspecified atom stereocenters. The van der Waals surface area contributed by atoms with Gasteiger partial charge in [-0.05, 0) is 0 Å². The lowest BCUT2D eigenvalue weighted by molar-refractivity contribution is -0.901. The van der Waals surface area contributed by atoms with Crippen molar-refractivity contribution in [3.05, 3.63) is 0 Å². The molecule has 0 amide bonds. The predicted molar refractivity (Wildman–Crippen MR) is 69.3 cm³/mol. The van der Waals surface area contributed by atoms with Crippen LogP contribution in [0.5, 0.6) is 0 Å². The number of quaternary nitrogens is 1. The van der Waals surface area contributed by atoms with Gasteiger partial charge in [-0.15, -0.1) is 0 Å². The minimum atomic E-state index is 0.0363. The fourth-order valence-electron chi connectivity index (χ4n) is 1.52. The number of aliphatic hydroxyl groups is 3. The van der Waals surface area contributed by atoms with Crippen LogP contribution < -0.4 is 4.90 Å². The summed E-state index contributed by atoms with van der Waals surface area (Å²) in [7, 11) is 0. The minimum Gasteiger partial charge on any atom is -0.394 e. The minimum absolute atomic E-state index is 0.0363. The maximum absolute atomic E-state index is 8.61. The van der Waals surface area contributed by atoms with Crippen LogP contribution in [-0.4, -0.2) is 94.4 Å². The van der Waals surface area contributed by atoms with E-state index in [0.29, 0.717) is 39.6 Å². The molecule has 0 aliphatic rings. The molecular formula is C12H28NO6+. The van der Waals surface area contributed by atoms with Crippen LogP contribution in [0.2, 0.25) is 0 Å². The van der Waals surface area contributed by atoms with E-state index in [4.69, 9.17) is 29.5 Å². The van der Waals surface area contributed by atoms with Gasteiger partial charge in [0, 0.05) is 0 Å². The summed E-state index contributed by atoms with van der Waals surface area (Å²) < 4.78 is 15.7. The van der Waals surface area contributed by atoms with E-state index < -0.39 is 0 Å². The van der Waals surface area contributed by atoms with Crippen LogP contribution in [0.15, 0.2) is 0 Å². The maximum atomic E-state index is 8.61. The Bertz CT molecular complexity index is 144. The van der Waals surface area contributed by atoms with Gasteiger partial charge in [0.05, 0.1) is 59.5 Å². The molecule has 0 saturated heterocycles. The molecule has 116 valence electrons.